The van der Waals surface area contributed by atoms with Crippen LogP contribution >= 0.6 is 0 Å². The molecule has 0 aliphatic heterocycles. The summed E-state index contributed by atoms with van der Waals surface area (Å²) >= 11 is 0. The molecule has 198 valence electrons. The van der Waals surface area contributed by atoms with Gasteiger partial charge in [-0.1, -0.05) is 116 Å². The van der Waals surface area contributed by atoms with E-state index in [1.54, 1.807) is 0 Å². The van der Waals surface area contributed by atoms with Crippen molar-refractivity contribution >= 4 is 11.4 Å². The van der Waals surface area contributed by atoms with Crippen LogP contribution in [0.3, 0.4) is 0 Å². The molecule has 0 spiro atoms. The van der Waals surface area contributed by atoms with Gasteiger partial charge in [0, 0.05) is 11.4 Å². The molecule has 4 N–H and O–H groups in total. The predicted molar refractivity (Wildman–Crippen MR) is 168 cm³/mol. The van der Waals surface area contributed by atoms with Crippen LogP contribution in [-0.4, -0.2) is 0 Å². The lowest BCUT2D eigenvalue weighted by molar-refractivity contribution is 0.838. The number of hydrogen-bond acceptors (Lipinski definition) is 2. The monoisotopic (exact) mass is 504 g/mol. The van der Waals surface area contributed by atoms with E-state index in [1.807, 2.05) is 0 Å². The van der Waals surface area contributed by atoms with Crippen LogP contribution in [-0.2, 0) is 0 Å². The summed E-state index contributed by atoms with van der Waals surface area (Å²) in [7, 11) is 0. The first kappa shape index (κ1) is 27.5. The van der Waals surface area contributed by atoms with E-state index in [2.05, 4.69) is 128 Å². The Morgan fingerprint density at radius 1 is 0.447 bits per heavy atom. The minimum Gasteiger partial charge on any atom is -0.398 e. The van der Waals surface area contributed by atoms with Crippen LogP contribution in [0.15, 0.2) is 72.8 Å². The highest BCUT2D eigenvalue weighted by atomic mass is 14.6. The summed E-state index contributed by atoms with van der Waals surface area (Å²) < 4.78 is 0. The van der Waals surface area contributed by atoms with Crippen LogP contribution in [0.2, 0.25) is 0 Å². The molecule has 4 aromatic rings. The SMILES string of the molecule is CC(C)c1cc(-c2cc(C(C)C)c(N)c(C(C)C)c2-c2ccccc2)c(-c2ccccc2)c(C(C)C)c1N. The van der Waals surface area contributed by atoms with Crippen LogP contribution in [0.1, 0.15) is 101 Å². The van der Waals surface area contributed by atoms with Gasteiger partial charge in [-0.05, 0) is 91.4 Å². The number of hydrogen-bond donors (Lipinski definition) is 2. The molecule has 0 heterocycles. The highest BCUT2D eigenvalue weighted by molar-refractivity contribution is 5.98. The fourth-order valence-corrected chi connectivity index (χ4v) is 5.89. The second kappa shape index (κ2) is 11.1. The summed E-state index contributed by atoms with van der Waals surface area (Å²) in [5.41, 5.74) is 28.0. The van der Waals surface area contributed by atoms with E-state index < -0.39 is 0 Å². The molecular weight excluding hydrogens is 460 g/mol. The number of nitrogens with two attached hydrogens (primary N) is 2. The topological polar surface area (TPSA) is 52.0 Å². The van der Waals surface area contributed by atoms with Gasteiger partial charge >= 0.3 is 0 Å². The first-order valence-electron chi connectivity index (χ1n) is 14.1. The second-order valence-electron chi connectivity index (χ2n) is 11.8. The Kier molecular flexibility index (Phi) is 8.02. The average Bonchev–Trinajstić information content (AvgIpc) is 2.88. The van der Waals surface area contributed by atoms with Gasteiger partial charge in [0.25, 0.3) is 0 Å². The Balaban J connectivity index is 2.30. The van der Waals surface area contributed by atoms with Gasteiger partial charge in [0.2, 0.25) is 0 Å². The van der Waals surface area contributed by atoms with E-state index in [9.17, 15) is 0 Å². The zero-order chi connectivity index (χ0) is 27.7. The number of nitrogen functional groups attached to an aromatic ring is 2. The van der Waals surface area contributed by atoms with Crippen LogP contribution in [0, 0.1) is 0 Å². The summed E-state index contributed by atoms with van der Waals surface area (Å²) in [6.45, 7) is 18.0. The first-order valence-corrected chi connectivity index (χ1v) is 14.1. The fraction of sp³-hybridized carbons (Fsp3) is 0.333. The van der Waals surface area contributed by atoms with E-state index in [4.69, 9.17) is 11.5 Å². The van der Waals surface area contributed by atoms with Crippen molar-refractivity contribution in [1.82, 2.24) is 0 Å². The van der Waals surface area contributed by atoms with Crippen molar-refractivity contribution in [3.8, 4) is 33.4 Å². The molecule has 38 heavy (non-hydrogen) atoms. The number of anilines is 2. The molecule has 0 aliphatic rings. The molecule has 2 heteroatoms. The minimum atomic E-state index is 0.269. The van der Waals surface area contributed by atoms with Crippen LogP contribution < -0.4 is 11.5 Å². The number of benzene rings is 4. The van der Waals surface area contributed by atoms with Gasteiger partial charge < -0.3 is 11.5 Å². The van der Waals surface area contributed by atoms with Gasteiger partial charge in [0.05, 0.1) is 0 Å². The molecule has 2 nitrogen and oxygen atoms in total. The Morgan fingerprint density at radius 2 is 0.763 bits per heavy atom. The molecular formula is C36H44N2. The van der Waals surface area contributed by atoms with Gasteiger partial charge in [0.1, 0.15) is 0 Å². The highest BCUT2D eigenvalue weighted by Crippen LogP contribution is 2.50. The Labute approximate surface area is 230 Å². The van der Waals surface area contributed by atoms with E-state index in [0.717, 1.165) is 11.4 Å². The largest absolute Gasteiger partial charge is 0.398 e. The van der Waals surface area contributed by atoms with Crippen LogP contribution in [0.25, 0.3) is 33.4 Å². The van der Waals surface area contributed by atoms with Crippen molar-refractivity contribution in [2.24, 2.45) is 0 Å². The molecule has 0 saturated carbocycles. The lowest BCUT2D eigenvalue weighted by Gasteiger charge is -2.29. The lowest BCUT2D eigenvalue weighted by atomic mass is 9.76. The van der Waals surface area contributed by atoms with Crippen molar-refractivity contribution in [2.45, 2.75) is 79.1 Å². The van der Waals surface area contributed by atoms with Crippen LogP contribution in [0.5, 0.6) is 0 Å². The molecule has 0 atom stereocenters. The second-order valence-corrected chi connectivity index (χ2v) is 11.8. The molecule has 0 fully saturated rings. The van der Waals surface area contributed by atoms with Gasteiger partial charge in [0.15, 0.2) is 0 Å². The standard InChI is InChI=1S/C36H44N2/c1-21(2)27-19-29(33(25-15-11-9-12-16-25)31(23(5)6)35(27)37)30-20-28(22(3)4)36(38)32(24(7)8)34(30)26-17-13-10-14-18-26/h9-24H,37-38H2,1-8H3. The van der Waals surface area contributed by atoms with Gasteiger partial charge in [-0.25, -0.2) is 0 Å². The zero-order valence-corrected chi connectivity index (χ0v) is 24.4. The molecule has 0 saturated heterocycles. The molecule has 0 aromatic heterocycles. The van der Waals surface area contributed by atoms with E-state index >= 15 is 0 Å². The van der Waals surface area contributed by atoms with Crippen LogP contribution in [0.4, 0.5) is 11.4 Å². The fourth-order valence-electron chi connectivity index (χ4n) is 5.89. The summed E-state index contributed by atoms with van der Waals surface area (Å²) in [6.07, 6.45) is 0. The third-order valence-corrected chi connectivity index (χ3v) is 7.69. The predicted octanol–water partition coefficient (Wildman–Crippen LogP) is 10.3. The Hall–Kier alpha value is -3.52. The number of rotatable bonds is 7. The summed E-state index contributed by atoms with van der Waals surface area (Å²) in [4.78, 5) is 0. The van der Waals surface area contributed by atoms with Crippen molar-refractivity contribution in [1.29, 1.82) is 0 Å². The highest BCUT2D eigenvalue weighted by Gasteiger charge is 2.27. The molecule has 0 unspecified atom stereocenters. The maximum absolute atomic E-state index is 6.98. The third-order valence-electron chi connectivity index (χ3n) is 7.69. The summed E-state index contributed by atoms with van der Waals surface area (Å²) in [5.74, 6) is 1.15. The van der Waals surface area contributed by atoms with E-state index in [0.29, 0.717) is 11.8 Å². The molecule has 4 rings (SSSR count). The van der Waals surface area contributed by atoms with E-state index in [1.165, 1.54) is 55.6 Å². The maximum atomic E-state index is 6.98. The van der Waals surface area contributed by atoms with E-state index in [-0.39, 0.29) is 11.8 Å². The van der Waals surface area contributed by atoms with Gasteiger partial charge in [-0.15, -0.1) is 0 Å². The van der Waals surface area contributed by atoms with Crippen molar-refractivity contribution < 1.29 is 0 Å². The Morgan fingerprint density at radius 3 is 1.03 bits per heavy atom. The lowest BCUT2D eigenvalue weighted by Crippen LogP contribution is -2.10. The van der Waals surface area contributed by atoms with Crippen molar-refractivity contribution in [3.63, 3.8) is 0 Å². The summed E-state index contributed by atoms with van der Waals surface area (Å²) in [5, 5.41) is 0. The average molecular weight is 505 g/mol. The smallest absolute Gasteiger partial charge is 0.0391 e. The normalized spacial score (nSPS) is 11.8. The van der Waals surface area contributed by atoms with Gasteiger partial charge in [-0.2, -0.15) is 0 Å². The molecule has 0 aliphatic carbocycles. The quantitative estimate of drug-likeness (QED) is 0.246. The third kappa shape index (κ3) is 4.97. The molecule has 0 radical (unpaired) electrons. The van der Waals surface area contributed by atoms with Gasteiger partial charge in [-0.3, -0.25) is 0 Å². The molecule has 0 amide bonds. The van der Waals surface area contributed by atoms with Crippen molar-refractivity contribution in [2.75, 3.05) is 11.5 Å². The molecule has 0 bridgehead atoms. The summed E-state index contributed by atoms with van der Waals surface area (Å²) in [6, 6.07) is 26.2. The van der Waals surface area contributed by atoms with Crippen molar-refractivity contribution in [3.05, 3.63) is 95.1 Å². The Bertz CT molecular complexity index is 1300. The molecule has 4 aromatic carbocycles. The zero-order valence-electron chi connectivity index (χ0n) is 24.4. The first-order chi connectivity index (χ1) is 18.0. The minimum absolute atomic E-state index is 0.269. The maximum Gasteiger partial charge on any atom is 0.0391 e.